The number of phenols is 2. The zero-order chi connectivity index (χ0) is 14.9. The number of rotatable bonds is 2. The first-order valence-electron chi connectivity index (χ1n) is 5.37. The summed E-state index contributed by atoms with van der Waals surface area (Å²) < 4.78 is 0.590. The standard InChI is InChI=1S/C13H8BrCl2NO3/c14-6-4-5-7(12(16)11(6)15)17-13(20)10-8(18)2-1-3-9(10)19/h1-5,18-19H,(H,17,20). The largest absolute Gasteiger partial charge is 0.507 e. The first kappa shape index (κ1) is 15.0. The van der Waals surface area contributed by atoms with Gasteiger partial charge in [-0.25, -0.2) is 0 Å². The Kier molecular flexibility index (Phi) is 4.42. The second-order valence-electron chi connectivity index (χ2n) is 3.85. The van der Waals surface area contributed by atoms with Crippen molar-refractivity contribution in [3.8, 4) is 11.5 Å². The molecule has 0 bridgehead atoms. The normalized spacial score (nSPS) is 10.3. The van der Waals surface area contributed by atoms with Crippen LogP contribution in [0, 0.1) is 0 Å². The van der Waals surface area contributed by atoms with Crippen LogP contribution >= 0.6 is 39.1 Å². The van der Waals surface area contributed by atoms with Crippen molar-refractivity contribution in [3.05, 3.63) is 50.4 Å². The molecule has 4 nitrogen and oxygen atoms in total. The second kappa shape index (κ2) is 5.91. The van der Waals surface area contributed by atoms with Crippen molar-refractivity contribution in [2.45, 2.75) is 0 Å². The van der Waals surface area contributed by atoms with Gasteiger partial charge in [-0.2, -0.15) is 0 Å². The fourth-order valence-electron chi connectivity index (χ4n) is 1.57. The fraction of sp³-hybridized carbons (Fsp3) is 0. The van der Waals surface area contributed by atoms with E-state index in [2.05, 4.69) is 21.2 Å². The Labute approximate surface area is 133 Å². The molecule has 0 saturated heterocycles. The van der Waals surface area contributed by atoms with Crippen LogP contribution in [-0.2, 0) is 0 Å². The Bertz CT molecular complexity index is 671. The molecular formula is C13H8BrCl2NO3. The van der Waals surface area contributed by atoms with Gasteiger partial charge in [-0.3, -0.25) is 4.79 Å². The molecule has 1 amide bonds. The minimum absolute atomic E-state index is 0.157. The van der Waals surface area contributed by atoms with Crippen molar-refractivity contribution in [1.29, 1.82) is 0 Å². The lowest BCUT2D eigenvalue weighted by molar-refractivity contribution is 0.102. The smallest absolute Gasteiger partial charge is 0.263 e. The molecule has 0 aliphatic heterocycles. The summed E-state index contributed by atoms with van der Waals surface area (Å²) >= 11 is 15.2. The van der Waals surface area contributed by atoms with Crippen LogP contribution in [0.4, 0.5) is 5.69 Å². The van der Waals surface area contributed by atoms with Gasteiger partial charge in [0.05, 0.1) is 15.7 Å². The lowest BCUT2D eigenvalue weighted by Crippen LogP contribution is -2.12. The van der Waals surface area contributed by atoms with Crippen LogP contribution in [0.15, 0.2) is 34.8 Å². The third-order valence-corrected chi connectivity index (χ3v) is 4.30. The number of carbonyl (C=O) groups is 1. The Morgan fingerprint density at radius 1 is 1.05 bits per heavy atom. The molecule has 0 atom stereocenters. The Morgan fingerprint density at radius 3 is 2.25 bits per heavy atom. The van der Waals surface area contributed by atoms with Crippen molar-refractivity contribution in [1.82, 2.24) is 0 Å². The average Bonchev–Trinajstić information content (AvgIpc) is 2.39. The van der Waals surface area contributed by atoms with Gasteiger partial charge in [0.25, 0.3) is 5.91 Å². The van der Waals surface area contributed by atoms with Crippen LogP contribution in [0.1, 0.15) is 10.4 Å². The molecule has 0 spiro atoms. The van der Waals surface area contributed by atoms with Gasteiger partial charge in [-0.05, 0) is 40.2 Å². The number of benzene rings is 2. The van der Waals surface area contributed by atoms with Crippen LogP contribution < -0.4 is 5.32 Å². The first-order chi connectivity index (χ1) is 9.41. The molecule has 0 aliphatic rings. The highest BCUT2D eigenvalue weighted by atomic mass is 79.9. The van der Waals surface area contributed by atoms with Crippen LogP contribution in [0.5, 0.6) is 11.5 Å². The maximum atomic E-state index is 12.1. The van der Waals surface area contributed by atoms with E-state index in [1.54, 1.807) is 12.1 Å². The van der Waals surface area contributed by atoms with E-state index in [0.717, 1.165) is 0 Å². The van der Waals surface area contributed by atoms with Crippen LogP contribution in [0.2, 0.25) is 10.0 Å². The molecule has 0 aliphatic carbocycles. The van der Waals surface area contributed by atoms with Crippen molar-refractivity contribution in [3.63, 3.8) is 0 Å². The summed E-state index contributed by atoms with van der Waals surface area (Å²) in [4.78, 5) is 12.1. The summed E-state index contributed by atoms with van der Waals surface area (Å²) in [5.74, 6) is -1.36. The molecular weight excluding hydrogens is 369 g/mol. The molecule has 2 rings (SSSR count). The molecule has 104 valence electrons. The van der Waals surface area contributed by atoms with Gasteiger partial charge in [0, 0.05) is 4.47 Å². The van der Waals surface area contributed by atoms with Gasteiger partial charge in [0.2, 0.25) is 0 Å². The van der Waals surface area contributed by atoms with Crippen LogP contribution in [0.3, 0.4) is 0 Å². The summed E-state index contributed by atoms with van der Waals surface area (Å²) in [6.07, 6.45) is 0. The van der Waals surface area contributed by atoms with Gasteiger partial charge in [0.15, 0.2) is 0 Å². The summed E-state index contributed by atoms with van der Waals surface area (Å²) in [6.45, 7) is 0. The summed E-state index contributed by atoms with van der Waals surface area (Å²) in [7, 11) is 0. The first-order valence-corrected chi connectivity index (χ1v) is 6.92. The molecule has 0 saturated carbocycles. The molecule has 2 aromatic carbocycles. The Hall–Kier alpha value is -1.43. The maximum absolute atomic E-state index is 12.1. The number of nitrogens with one attached hydrogen (secondary N) is 1. The molecule has 7 heteroatoms. The number of halogens is 3. The second-order valence-corrected chi connectivity index (χ2v) is 5.46. The average molecular weight is 377 g/mol. The predicted octanol–water partition coefficient (Wildman–Crippen LogP) is 4.42. The molecule has 2 aromatic rings. The molecule has 0 unspecified atom stereocenters. The van der Waals surface area contributed by atoms with E-state index < -0.39 is 5.91 Å². The van der Waals surface area contributed by atoms with Crippen LogP contribution in [-0.4, -0.2) is 16.1 Å². The monoisotopic (exact) mass is 375 g/mol. The van der Waals surface area contributed by atoms with Gasteiger partial charge >= 0.3 is 0 Å². The highest BCUT2D eigenvalue weighted by Gasteiger charge is 2.18. The highest BCUT2D eigenvalue weighted by molar-refractivity contribution is 9.10. The van der Waals surface area contributed by atoms with E-state index in [1.807, 2.05) is 0 Å². The van der Waals surface area contributed by atoms with Gasteiger partial charge in [-0.15, -0.1) is 0 Å². The maximum Gasteiger partial charge on any atom is 0.263 e. The third-order valence-electron chi connectivity index (χ3n) is 2.53. The summed E-state index contributed by atoms with van der Waals surface area (Å²) in [5, 5.41) is 22.1. The quantitative estimate of drug-likeness (QED) is 0.679. The molecule has 20 heavy (non-hydrogen) atoms. The van der Waals surface area contributed by atoms with E-state index in [9.17, 15) is 15.0 Å². The minimum Gasteiger partial charge on any atom is -0.507 e. The Balaban J connectivity index is 2.36. The molecule has 3 N–H and O–H groups in total. The van der Waals surface area contributed by atoms with Crippen molar-refractivity contribution in [2.75, 3.05) is 5.32 Å². The fourth-order valence-corrected chi connectivity index (χ4v) is 2.39. The van der Waals surface area contributed by atoms with Crippen molar-refractivity contribution >= 4 is 50.7 Å². The molecule has 0 heterocycles. The van der Waals surface area contributed by atoms with E-state index in [-0.39, 0.29) is 32.8 Å². The number of amides is 1. The van der Waals surface area contributed by atoms with Crippen molar-refractivity contribution in [2.24, 2.45) is 0 Å². The number of anilines is 1. The number of carbonyl (C=O) groups excluding carboxylic acids is 1. The Morgan fingerprint density at radius 2 is 1.65 bits per heavy atom. The molecule has 0 fully saturated rings. The number of hydrogen-bond donors (Lipinski definition) is 3. The SMILES string of the molecule is O=C(Nc1ccc(Br)c(Cl)c1Cl)c1c(O)cccc1O. The van der Waals surface area contributed by atoms with E-state index >= 15 is 0 Å². The number of aromatic hydroxyl groups is 2. The lowest BCUT2D eigenvalue weighted by atomic mass is 10.1. The summed E-state index contributed by atoms with van der Waals surface area (Å²) in [5.41, 5.74) is 0.0372. The van der Waals surface area contributed by atoms with Gasteiger partial charge < -0.3 is 15.5 Å². The zero-order valence-corrected chi connectivity index (χ0v) is 12.9. The highest BCUT2D eigenvalue weighted by Crippen LogP contribution is 2.36. The predicted molar refractivity (Wildman–Crippen MR) is 81.9 cm³/mol. The van der Waals surface area contributed by atoms with E-state index in [4.69, 9.17) is 23.2 Å². The number of hydrogen-bond acceptors (Lipinski definition) is 3. The number of phenolic OH excluding ortho intramolecular Hbond substituents is 2. The zero-order valence-electron chi connectivity index (χ0n) is 9.82. The lowest BCUT2D eigenvalue weighted by Gasteiger charge is -2.11. The van der Waals surface area contributed by atoms with E-state index in [1.165, 1.54) is 18.2 Å². The molecule has 0 aromatic heterocycles. The topological polar surface area (TPSA) is 69.6 Å². The minimum atomic E-state index is -0.694. The van der Waals surface area contributed by atoms with E-state index in [0.29, 0.717) is 4.47 Å². The third kappa shape index (κ3) is 2.85. The van der Waals surface area contributed by atoms with Crippen molar-refractivity contribution < 1.29 is 15.0 Å². The molecule has 0 radical (unpaired) electrons. The van der Waals surface area contributed by atoms with Gasteiger partial charge in [-0.1, -0.05) is 29.3 Å². The van der Waals surface area contributed by atoms with Crippen LogP contribution in [0.25, 0.3) is 0 Å². The summed E-state index contributed by atoms with van der Waals surface area (Å²) in [6, 6.07) is 7.18. The van der Waals surface area contributed by atoms with Gasteiger partial charge in [0.1, 0.15) is 17.1 Å².